The fraction of sp³-hybridized carbons (Fsp3) is 0.650. The monoisotopic (exact) mass is 329 g/mol. The maximum absolute atomic E-state index is 12.6. The van der Waals surface area contributed by atoms with Crippen LogP contribution in [0, 0.1) is 0 Å². The first-order chi connectivity index (χ1) is 11.4. The van der Waals surface area contributed by atoms with Crippen LogP contribution in [-0.4, -0.2) is 35.0 Å². The van der Waals surface area contributed by atoms with Gasteiger partial charge in [-0.3, -0.25) is 9.69 Å². The zero-order valence-electron chi connectivity index (χ0n) is 15.1. The third-order valence-corrected chi connectivity index (χ3v) is 5.87. The second kappa shape index (κ2) is 6.85. The van der Waals surface area contributed by atoms with Crippen LogP contribution in [0.5, 0.6) is 0 Å². The molecular formula is C20H31N3O. The molecule has 0 saturated heterocycles. The van der Waals surface area contributed by atoms with Crippen LogP contribution < -0.4 is 11.1 Å². The van der Waals surface area contributed by atoms with Gasteiger partial charge in [-0.05, 0) is 44.2 Å². The van der Waals surface area contributed by atoms with Crippen molar-refractivity contribution in [3.8, 4) is 0 Å². The molecule has 2 aliphatic rings. The summed E-state index contributed by atoms with van der Waals surface area (Å²) in [7, 11) is 0. The predicted molar refractivity (Wildman–Crippen MR) is 97.6 cm³/mol. The van der Waals surface area contributed by atoms with E-state index in [0.29, 0.717) is 6.54 Å². The normalized spacial score (nSPS) is 21.1. The summed E-state index contributed by atoms with van der Waals surface area (Å²) < 4.78 is 0. The Morgan fingerprint density at radius 3 is 2.58 bits per heavy atom. The molecule has 3 N–H and O–H groups in total. The van der Waals surface area contributed by atoms with E-state index in [1.807, 2.05) is 0 Å². The van der Waals surface area contributed by atoms with E-state index in [1.165, 1.54) is 17.5 Å². The van der Waals surface area contributed by atoms with Crippen LogP contribution in [0.15, 0.2) is 24.3 Å². The average molecular weight is 329 g/mol. The van der Waals surface area contributed by atoms with E-state index in [2.05, 4.69) is 48.3 Å². The van der Waals surface area contributed by atoms with E-state index in [4.69, 9.17) is 5.73 Å². The van der Waals surface area contributed by atoms with Crippen LogP contribution in [0.1, 0.15) is 57.1 Å². The van der Waals surface area contributed by atoms with Crippen LogP contribution in [0.4, 0.5) is 0 Å². The van der Waals surface area contributed by atoms with Gasteiger partial charge in [-0.15, -0.1) is 0 Å². The lowest BCUT2D eigenvalue weighted by molar-refractivity contribution is -0.128. The first-order valence-electron chi connectivity index (χ1n) is 9.30. The molecule has 4 heteroatoms. The van der Waals surface area contributed by atoms with Gasteiger partial charge in [0.05, 0.1) is 5.54 Å². The van der Waals surface area contributed by atoms with Crippen molar-refractivity contribution in [3.05, 3.63) is 35.4 Å². The van der Waals surface area contributed by atoms with Gasteiger partial charge >= 0.3 is 0 Å². The number of nitrogens with one attached hydrogen (secondary N) is 1. The minimum absolute atomic E-state index is 0.0349. The summed E-state index contributed by atoms with van der Waals surface area (Å²) in [4.78, 5) is 15.1. The molecule has 1 fully saturated rings. The highest BCUT2D eigenvalue weighted by atomic mass is 16.2. The number of benzene rings is 1. The van der Waals surface area contributed by atoms with E-state index >= 15 is 0 Å². The maximum atomic E-state index is 12.6. The van der Waals surface area contributed by atoms with Gasteiger partial charge in [0.2, 0.25) is 5.91 Å². The topological polar surface area (TPSA) is 58.4 Å². The molecule has 0 radical (unpaired) electrons. The molecule has 1 amide bonds. The van der Waals surface area contributed by atoms with Gasteiger partial charge in [-0.2, -0.15) is 0 Å². The number of hydrogen-bond donors (Lipinski definition) is 2. The van der Waals surface area contributed by atoms with Crippen molar-refractivity contribution in [2.24, 2.45) is 5.73 Å². The van der Waals surface area contributed by atoms with Gasteiger partial charge in [-0.1, -0.05) is 43.5 Å². The highest BCUT2D eigenvalue weighted by molar-refractivity contribution is 5.86. The molecule has 1 saturated carbocycles. The van der Waals surface area contributed by atoms with Crippen molar-refractivity contribution in [2.75, 3.05) is 13.1 Å². The van der Waals surface area contributed by atoms with E-state index in [0.717, 1.165) is 45.2 Å². The lowest BCUT2D eigenvalue weighted by Crippen LogP contribution is -2.59. The number of hydrogen-bond acceptors (Lipinski definition) is 3. The molecule has 4 nitrogen and oxygen atoms in total. The first kappa shape index (κ1) is 17.4. The van der Waals surface area contributed by atoms with E-state index in [-0.39, 0.29) is 11.4 Å². The zero-order chi connectivity index (χ0) is 17.2. The van der Waals surface area contributed by atoms with Crippen LogP contribution in [0.3, 0.4) is 0 Å². The first-order valence-corrected chi connectivity index (χ1v) is 9.30. The van der Waals surface area contributed by atoms with Gasteiger partial charge in [0.1, 0.15) is 0 Å². The summed E-state index contributed by atoms with van der Waals surface area (Å²) in [5.41, 5.74) is 8.49. The smallest absolute Gasteiger partial charge is 0.240 e. The molecule has 0 spiro atoms. The molecule has 1 aliphatic carbocycles. The Bertz CT molecular complexity index is 590. The van der Waals surface area contributed by atoms with Gasteiger partial charge in [0, 0.05) is 25.2 Å². The molecule has 1 heterocycles. The largest absolute Gasteiger partial charge is 0.353 e. The Morgan fingerprint density at radius 1 is 1.21 bits per heavy atom. The number of carbonyl (C=O) groups excluding carboxylic acids is 1. The van der Waals surface area contributed by atoms with Crippen molar-refractivity contribution in [1.82, 2.24) is 10.2 Å². The highest BCUT2D eigenvalue weighted by Crippen LogP contribution is 2.27. The van der Waals surface area contributed by atoms with Crippen LogP contribution in [0.25, 0.3) is 0 Å². The number of nitrogens with two attached hydrogens (primary N) is 1. The van der Waals surface area contributed by atoms with Crippen LogP contribution >= 0.6 is 0 Å². The Morgan fingerprint density at radius 2 is 1.88 bits per heavy atom. The second-order valence-electron chi connectivity index (χ2n) is 8.15. The van der Waals surface area contributed by atoms with Crippen molar-refractivity contribution in [2.45, 2.75) is 70.0 Å². The molecule has 0 atom stereocenters. The van der Waals surface area contributed by atoms with E-state index in [1.54, 1.807) is 0 Å². The molecule has 24 heavy (non-hydrogen) atoms. The third-order valence-electron chi connectivity index (χ3n) is 5.87. The third kappa shape index (κ3) is 3.65. The molecule has 3 rings (SSSR count). The zero-order valence-corrected chi connectivity index (χ0v) is 15.1. The fourth-order valence-corrected chi connectivity index (χ4v) is 4.01. The quantitative estimate of drug-likeness (QED) is 0.893. The molecule has 0 aromatic heterocycles. The fourth-order valence-electron chi connectivity index (χ4n) is 4.01. The van der Waals surface area contributed by atoms with Gasteiger partial charge < -0.3 is 11.1 Å². The molecule has 0 unspecified atom stereocenters. The Kier molecular flexibility index (Phi) is 4.97. The Balaban J connectivity index is 1.59. The number of fused-ring (bicyclic) bond motifs is 1. The summed E-state index contributed by atoms with van der Waals surface area (Å²) in [6.45, 7) is 7.06. The number of carbonyl (C=O) groups is 1. The summed E-state index contributed by atoms with van der Waals surface area (Å²) in [6.07, 6.45) is 6.04. The average Bonchev–Trinajstić information content (AvgIpc) is 2.60. The summed E-state index contributed by atoms with van der Waals surface area (Å²) in [6, 6.07) is 8.67. The summed E-state index contributed by atoms with van der Waals surface area (Å²) in [5, 5.41) is 3.15. The molecule has 132 valence electrons. The number of amides is 1. The lowest BCUT2D eigenvalue weighted by atomic mass is 9.81. The van der Waals surface area contributed by atoms with Crippen molar-refractivity contribution in [1.29, 1.82) is 0 Å². The molecule has 0 bridgehead atoms. The molecule has 1 aromatic rings. The van der Waals surface area contributed by atoms with Crippen molar-refractivity contribution < 1.29 is 4.79 Å². The SMILES string of the molecule is CC(C)(CNC(=O)C1(N)CCCCC1)N1CCc2ccccc2C1. The van der Waals surface area contributed by atoms with Gasteiger partial charge in [-0.25, -0.2) is 0 Å². The van der Waals surface area contributed by atoms with Crippen LogP contribution in [0.2, 0.25) is 0 Å². The maximum Gasteiger partial charge on any atom is 0.240 e. The summed E-state index contributed by atoms with van der Waals surface area (Å²) in [5.74, 6) is 0.0349. The minimum Gasteiger partial charge on any atom is -0.353 e. The van der Waals surface area contributed by atoms with E-state index < -0.39 is 5.54 Å². The predicted octanol–water partition coefficient (Wildman–Crippen LogP) is 2.60. The Hall–Kier alpha value is -1.39. The Labute approximate surface area is 145 Å². The number of rotatable bonds is 4. The van der Waals surface area contributed by atoms with E-state index in [9.17, 15) is 4.79 Å². The number of nitrogens with zero attached hydrogens (tertiary/aromatic N) is 1. The van der Waals surface area contributed by atoms with Crippen molar-refractivity contribution >= 4 is 5.91 Å². The van der Waals surface area contributed by atoms with Crippen molar-refractivity contribution in [3.63, 3.8) is 0 Å². The highest BCUT2D eigenvalue weighted by Gasteiger charge is 2.37. The lowest BCUT2D eigenvalue weighted by Gasteiger charge is -2.42. The van der Waals surface area contributed by atoms with Gasteiger partial charge in [0.25, 0.3) is 0 Å². The van der Waals surface area contributed by atoms with Crippen LogP contribution in [-0.2, 0) is 17.8 Å². The molecule has 1 aliphatic heterocycles. The van der Waals surface area contributed by atoms with Gasteiger partial charge in [0.15, 0.2) is 0 Å². The minimum atomic E-state index is -0.650. The molecule has 1 aromatic carbocycles. The summed E-state index contributed by atoms with van der Waals surface area (Å²) >= 11 is 0. The standard InChI is InChI=1S/C20H31N3O/c1-19(2,15-22-18(24)20(21)11-6-3-7-12-20)23-13-10-16-8-4-5-9-17(16)14-23/h4-5,8-9H,3,6-7,10-15,21H2,1-2H3,(H,22,24). The second-order valence-corrected chi connectivity index (χ2v) is 8.15. The molecular weight excluding hydrogens is 298 g/mol.